The molecule has 0 radical (unpaired) electrons. The van der Waals surface area contributed by atoms with Crippen LogP contribution in [0.15, 0.2) is 12.2 Å². The standard InChI is InChI=1S/C52H101O8P/c1-3-5-7-9-11-13-15-17-19-21-23-24-25-26-27-29-30-32-34-36-38-40-42-44-46-51(53)58-48-50(49-59-61(55,56)57)60-52(54)47-45-43-41-39-37-35-33-31-28-22-20-18-16-14-12-10-8-6-4-2/h18,20,50H,3-17,19,21-49H2,1-2H3,(H2,55,56,57)/b20-18-. The molecule has 0 saturated heterocycles. The van der Waals surface area contributed by atoms with Gasteiger partial charge in [-0.25, -0.2) is 4.57 Å². The Hall–Kier alpha value is -1.21. The molecule has 362 valence electrons. The van der Waals surface area contributed by atoms with Gasteiger partial charge in [-0.05, 0) is 38.5 Å². The van der Waals surface area contributed by atoms with E-state index < -0.39 is 32.5 Å². The summed E-state index contributed by atoms with van der Waals surface area (Å²) in [4.78, 5) is 43.1. The van der Waals surface area contributed by atoms with Crippen LogP contribution in [0.1, 0.15) is 290 Å². The van der Waals surface area contributed by atoms with E-state index in [9.17, 15) is 14.2 Å². The maximum absolute atomic E-state index is 12.5. The molecule has 0 rings (SSSR count). The van der Waals surface area contributed by atoms with E-state index in [-0.39, 0.29) is 19.4 Å². The molecule has 1 atom stereocenters. The summed E-state index contributed by atoms with van der Waals surface area (Å²) < 4.78 is 26.6. The zero-order valence-electron chi connectivity index (χ0n) is 40.3. The second-order valence-corrected chi connectivity index (χ2v) is 19.5. The predicted octanol–water partition coefficient (Wildman–Crippen LogP) is 16.9. The lowest BCUT2D eigenvalue weighted by Crippen LogP contribution is -2.29. The Kier molecular flexibility index (Phi) is 47.3. The molecule has 0 aliphatic carbocycles. The van der Waals surface area contributed by atoms with Crippen molar-refractivity contribution in [1.29, 1.82) is 0 Å². The van der Waals surface area contributed by atoms with E-state index >= 15 is 0 Å². The molecule has 0 aromatic heterocycles. The number of rotatable bonds is 50. The summed E-state index contributed by atoms with van der Waals surface area (Å²) in [6, 6.07) is 0. The maximum Gasteiger partial charge on any atom is 0.469 e. The molecule has 0 aliphatic rings. The lowest BCUT2D eigenvalue weighted by Gasteiger charge is -2.18. The number of carbonyl (C=O) groups is 2. The van der Waals surface area contributed by atoms with Crippen LogP contribution in [0.2, 0.25) is 0 Å². The van der Waals surface area contributed by atoms with Gasteiger partial charge in [0.1, 0.15) is 6.61 Å². The molecule has 0 aliphatic heterocycles. The van der Waals surface area contributed by atoms with Gasteiger partial charge in [-0.15, -0.1) is 0 Å². The number of phosphoric ester groups is 1. The topological polar surface area (TPSA) is 119 Å². The van der Waals surface area contributed by atoms with Gasteiger partial charge >= 0.3 is 19.8 Å². The second kappa shape index (κ2) is 48.3. The zero-order valence-corrected chi connectivity index (χ0v) is 41.2. The van der Waals surface area contributed by atoms with E-state index in [1.165, 1.54) is 218 Å². The first-order valence-electron chi connectivity index (χ1n) is 26.5. The van der Waals surface area contributed by atoms with Crippen LogP contribution in [-0.4, -0.2) is 41.0 Å². The van der Waals surface area contributed by atoms with E-state index in [0.29, 0.717) is 6.42 Å². The van der Waals surface area contributed by atoms with Gasteiger partial charge in [-0.1, -0.05) is 251 Å². The third-order valence-corrected chi connectivity index (χ3v) is 12.5. The minimum Gasteiger partial charge on any atom is -0.462 e. The minimum atomic E-state index is -4.76. The Bertz CT molecular complexity index is 998. The summed E-state index contributed by atoms with van der Waals surface area (Å²) in [7, 11) is -4.76. The molecular weight excluding hydrogens is 784 g/mol. The minimum absolute atomic E-state index is 0.215. The van der Waals surface area contributed by atoms with Gasteiger partial charge < -0.3 is 19.3 Å². The van der Waals surface area contributed by atoms with E-state index in [0.717, 1.165) is 38.5 Å². The molecule has 0 amide bonds. The molecule has 0 spiro atoms. The first kappa shape index (κ1) is 59.8. The molecule has 61 heavy (non-hydrogen) atoms. The molecule has 0 bridgehead atoms. The van der Waals surface area contributed by atoms with E-state index in [1.807, 2.05) is 0 Å². The van der Waals surface area contributed by atoms with Gasteiger partial charge in [0.25, 0.3) is 0 Å². The van der Waals surface area contributed by atoms with E-state index in [1.54, 1.807) is 0 Å². The van der Waals surface area contributed by atoms with Crippen molar-refractivity contribution < 1.29 is 37.9 Å². The highest BCUT2D eigenvalue weighted by Crippen LogP contribution is 2.36. The van der Waals surface area contributed by atoms with Gasteiger partial charge in [0.05, 0.1) is 6.61 Å². The van der Waals surface area contributed by atoms with Gasteiger partial charge in [-0.3, -0.25) is 14.1 Å². The fraction of sp³-hybridized carbons (Fsp3) is 0.923. The van der Waals surface area contributed by atoms with Crippen molar-refractivity contribution >= 4 is 19.8 Å². The normalized spacial score (nSPS) is 12.4. The third-order valence-electron chi connectivity index (χ3n) is 12.0. The van der Waals surface area contributed by atoms with Crippen LogP contribution in [0.25, 0.3) is 0 Å². The molecule has 8 nitrogen and oxygen atoms in total. The molecule has 0 saturated carbocycles. The Balaban J connectivity index is 3.74. The fourth-order valence-electron chi connectivity index (χ4n) is 8.08. The van der Waals surface area contributed by atoms with Crippen molar-refractivity contribution in [3.63, 3.8) is 0 Å². The van der Waals surface area contributed by atoms with Crippen molar-refractivity contribution in [2.75, 3.05) is 13.2 Å². The average Bonchev–Trinajstić information content (AvgIpc) is 3.23. The van der Waals surface area contributed by atoms with E-state index in [2.05, 4.69) is 30.5 Å². The van der Waals surface area contributed by atoms with Gasteiger partial charge in [0.15, 0.2) is 6.10 Å². The first-order chi connectivity index (χ1) is 29.8. The molecule has 0 fully saturated rings. The molecular formula is C52H101O8P. The number of unbranched alkanes of at least 4 members (excludes halogenated alkanes) is 38. The van der Waals surface area contributed by atoms with Crippen molar-refractivity contribution in [1.82, 2.24) is 0 Å². The molecule has 0 aromatic carbocycles. The van der Waals surface area contributed by atoms with Crippen molar-refractivity contribution in [3.8, 4) is 0 Å². The van der Waals surface area contributed by atoms with E-state index in [4.69, 9.17) is 19.3 Å². The number of hydrogen-bond donors (Lipinski definition) is 2. The quantitative estimate of drug-likeness (QED) is 0.0268. The Morgan fingerprint density at radius 1 is 0.410 bits per heavy atom. The van der Waals surface area contributed by atoms with Crippen LogP contribution >= 0.6 is 7.82 Å². The SMILES string of the molecule is CCCCCCCC/C=C\CCCCCCCCCCCC(=O)OC(COC(=O)CCCCCCCCCCCCCCCCCCCCCCCCCC)COP(=O)(O)O. The largest absolute Gasteiger partial charge is 0.469 e. The van der Waals surface area contributed by atoms with Gasteiger partial charge in [0.2, 0.25) is 0 Å². The molecule has 0 aromatic rings. The Morgan fingerprint density at radius 2 is 0.689 bits per heavy atom. The van der Waals surface area contributed by atoms with Gasteiger partial charge in [0, 0.05) is 12.8 Å². The highest BCUT2D eigenvalue weighted by atomic mass is 31.2. The summed E-state index contributed by atoms with van der Waals surface area (Å²) in [5, 5.41) is 0. The van der Waals surface area contributed by atoms with Gasteiger partial charge in [-0.2, -0.15) is 0 Å². The number of hydrogen-bond acceptors (Lipinski definition) is 6. The van der Waals surface area contributed by atoms with Crippen LogP contribution in [0, 0.1) is 0 Å². The van der Waals surface area contributed by atoms with Crippen LogP contribution in [0.5, 0.6) is 0 Å². The summed E-state index contributed by atoms with van der Waals surface area (Å²) in [5.74, 6) is -0.868. The first-order valence-corrected chi connectivity index (χ1v) is 28.0. The summed E-state index contributed by atoms with van der Waals surface area (Å²) in [5.41, 5.74) is 0. The number of ether oxygens (including phenoxy) is 2. The summed E-state index contributed by atoms with van der Waals surface area (Å²) in [6.45, 7) is 3.74. The molecule has 1 unspecified atom stereocenters. The lowest BCUT2D eigenvalue weighted by atomic mass is 10.0. The monoisotopic (exact) mass is 885 g/mol. The molecule has 9 heteroatoms. The Morgan fingerprint density at radius 3 is 1.00 bits per heavy atom. The van der Waals surface area contributed by atoms with Crippen molar-refractivity contribution in [3.05, 3.63) is 12.2 Å². The predicted molar refractivity (Wildman–Crippen MR) is 258 cm³/mol. The van der Waals surface area contributed by atoms with Crippen LogP contribution < -0.4 is 0 Å². The number of esters is 2. The Labute approximate surface area is 377 Å². The third kappa shape index (κ3) is 51.3. The van der Waals surface area contributed by atoms with Crippen LogP contribution in [0.4, 0.5) is 0 Å². The smallest absolute Gasteiger partial charge is 0.462 e. The fourth-order valence-corrected chi connectivity index (χ4v) is 8.44. The van der Waals surface area contributed by atoms with Crippen molar-refractivity contribution in [2.45, 2.75) is 296 Å². The maximum atomic E-state index is 12.5. The number of phosphoric acid groups is 1. The highest BCUT2D eigenvalue weighted by Gasteiger charge is 2.23. The average molecular weight is 885 g/mol. The number of allylic oxidation sites excluding steroid dienone is 2. The van der Waals surface area contributed by atoms with Crippen LogP contribution in [-0.2, 0) is 28.2 Å². The summed E-state index contributed by atoms with van der Waals surface area (Å²) in [6.07, 6.45) is 56.7. The second-order valence-electron chi connectivity index (χ2n) is 18.2. The zero-order chi connectivity index (χ0) is 44.6. The van der Waals surface area contributed by atoms with Crippen LogP contribution in [0.3, 0.4) is 0 Å². The molecule has 2 N–H and O–H groups in total. The summed E-state index contributed by atoms with van der Waals surface area (Å²) >= 11 is 0. The molecule has 0 heterocycles. The van der Waals surface area contributed by atoms with Crippen molar-refractivity contribution in [2.24, 2.45) is 0 Å². The number of carbonyl (C=O) groups excluding carboxylic acids is 2. The lowest BCUT2D eigenvalue weighted by molar-refractivity contribution is -0.161. The highest BCUT2D eigenvalue weighted by molar-refractivity contribution is 7.46.